The number of rotatable bonds is 6. The second-order valence-electron chi connectivity index (χ2n) is 4.56. The third-order valence-electron chi connectivity index (χ3n) is 3.39. The van der Waals surface area contributed by atoms with Gasteiger partial charge in [-0.1, -0.05) is 0 Å². The Morgan fingerprint density at radius 2 is 2.30 bits per heavy atom. The lowest BCUT2D eigenvalue weighted by Gasteiger charge is -2.17. The van der Waals surface area contributed by atoms with Crippen LogP contribution in [0.25, 0.3) is 0 Å². The zero-order valence-electron chi connectivity index (χ0n) is 12.2. The Hall–Kier alpha value is -0.850. The number of ether oxygens (including phenoxy) is 1. The molecule has 6 heteroatoms. The molecule has 1 atom stereocenters. The van der Waals surface area contributed by atoms with Gasteiger partial charge in [0.1, 0.15) is 5.75 Å². The number of hydrogen-bond donors (Lipinski definition) is 1. The summed E-state index contributed by atoms with van der Waals surface area (Å²) in [5, 5.41) is 10.0. The van der Waals surface area contributed by atoms with Gasteiger partial charge in [0.2, 0.25) is 0 Å². The van der Waals surface area contributed by atoms with Crippen molar-refractivity contribution in [3.63, 3.8) is 0 Å². The van der Waals surface area contributed by atoms with E-state index in [0.717, 1.165) is 28.9 Å². The number of halogens is 1. The minimum Gasteiger partial charge on any atom is -0.496 e. The van der Waals surface area contributed by atoms with Gasteiger partial charge in [-0.25, -0.2) is 0 Å². The van der Waals surface area contributed by atoms with E-state index in [-0.39, 0.29) is 6.04 Å². The number of aromatic nitrogens is 2. The Balaban J connectivity index is 2.31. The van der Waals surface area contributed by atoms with Crippen molar-refractivity contribution in [3.05, 3.63) is 32.2 Å². The summed E-state index contributed by atoms with van der Waals surface area (Å²) < 4.78 is 8.60. The van der Waals surface area contributed by atoms with Crippen LogP contribution in [-0.4, -0.2) is 23.9 Å². The Morgan fingerprint density at radius 3 is 2.90 bits per heavy atom. The zero-order valence-corrected chi connectivity index (χ0v) is 14.6. The Morgan fingerprint density at radius 1 is 1.55 bits per heavy atom. The number of hydrogen-bond acceptors (Lipinski definition) is 4. The average molecular weight is 358 g/mol. The summed E-state index contributed by atoms with van der Waals surface area (Å²) in [5.41, 5.74) is 2.26. The van der Waals surface area contributed by atoms with Crippen LogP contribution in [0.2, 0.25) is 0 Å². The molecule has 0 aliphatic heterocycles. The van der Waals surface area contributed by atoms with Crippen molar-refractivity contribution in [1.29, 1.82) is 0 Å². The molecule has 0 amide bonds. The van der Waals surface area contributed by atoms with Crippen LogP contribution < -0.4 is 10.1 Å². The van der Waals surface area contributed by atoms with Gasteiger partial charge in [-0.15, -0.1) is 11.3 Å². The molecular weight excluding hydrogens is 338 g/mol. The molecule has 0 aromatic carbocycles. The molecule has 0 aliphatic carbocycles. The zero-order chi connectivity index (χ0) is 14.7. The van der Waals surface area contributed by atoms with Crippen molar-refractivity contribution in [2.24, 2.45) is 0 Å². The van der Waals surface area contributed by atoms with Gasteiger partial charge in [0.05, 0.1) is 33.9 Å². The average Bonchev–Trinajstić information content (AvgIpc) is 3.03. The lowest BCUT2D eigenvalue weighted by atomic mass is 10.1. The summed E-state index contributed by atoms with van der Waals surface area (Å²) in [6, 6.07) is 2.24. The first-order chi connectivity index (χ1) is 9.62. The minimum atomic E-state index is 0.225. The molecule has 0 saturated heterocycles. The van der Waals surface area contributed by atoms with Crippen LogP contribution in [0, 0.1) is 6.92 Å². The van der Waals surface area contributed by atoms with E-state index in [9.17, 15) is 0 Å². The van der Waals surface area contributed by atoms with E-state index in [2.05, 4.69) is 43.3 Å². The fraction of sp³-hybridized carbons (Fsp3) is 0.500. The Labute approximate surface area is 132 Å². The fourth-order valence-corrected chi connectivity index (χ4v) is 3.73. The molecule has 2 rings (SSSR count). The number of aryl methyl sites for hydroxylation is 2. The molecule has 2 aromatic rings. The van der Waals surface area contributed by atoms with Crippen molar-refractivity contribution in [2.45, 2.75) is 32.9 Å². The van der Waals surface area contributed by atoms with E-state index in [1.54, 1.807) is 18.4 Å². The molecule has 0 spiro atoms. The molecule has 1 unspecified atom stereocenters. The van der Waals surface area contributed by atoms with E-state index >= 15 is 0 Å². The highest BCUT2D eigenvalue weighted by atomic mass is 79.9. The van der Waals surface area contributed by atoms with Gasteiger partial charge in [0.15, 0.2) is 0 Å². The van der Waals surface area contributed by atoms with Crippen LogP contribution in [0.3, 0.4) is 0 Å². The number of thiophene rings is 1. The topological polar surface area (TPSA) is 39.1 Å². The van der Waals surface area contributed by atoms with Gasteiger partial charge in [-0.2, -0.15) is 5.10 Å². The lowest BCUT2D eigenvalue weighted by Crippen LogP contribution is -2.20. The molecular formula is C14H20BrN3OS. The third-order valence-corrected chi connectivity index (χ3v) is 5.44. The van der Waals surface area contributed by atoms with E-state index in [4.69, 9.17) is 4.74 Å². The standard InChI is InChI=1S/C14H20BrN3OS/c1-5-18-11(13(15)9(2)17-18)8-10(16-3)14-12(19-4)6-7-20-14/h6-7,10,16H,5,8H2,1-4H3. The monoisotopic (exact) mass is 357 g/mol. The van der Waals surface area contributed by atoms with Crippen molar-refractivity contribution in [1.82, 2.24) is 15.1 Å². The lowest BCUT2D eigenvalue weighted by molar-refractivity contribution is 0.404. The van der Waals surface area contributed by atoms with Gasteiger partial charge in [-0.3, -0.25) is 4.68 Å². The van der Waals surface area contributed by atoms with Crippen molar-refractivity contribution < 1.29 is 4.74 Å². The van der Waals surface area contributed by atoms with E-state index in [1.165, 1.54) is 10.6 Å². The van der Waals surface area contributed by atoms with Crippen molar-refractivity contribution >= 4 is 27.3 Å². The first kappa shape index (κ1) is 15.5. The van der Waals surface area contributed by atoms with Crippen LogP contribution in [0.1, 0.15) is 29.2 Å². The fourth-order valence-electron chi connectivity index (χ4n) is 2.32. The van der Waals surface area contributed by atoms with Gasteiger partial charge in [-0.05, 0) is 48.3 Å². The van der Waals surface area contributed by atoms with Crippen LogP contribution >= 0.6 is 27.3 Å². The number of nitrogens with zero attached hydrogens (tertiary/aromatic N) is 2. The molecule has 0 aliphatic rings. The molecule has 1 N–H and O–H groups in total. The normalized spacial score (nSPS) is 12.7. The second kappa shape index (κ2) is 6.74. The third kappa shape index (κ3) is 2.92. The van der Waals surface area contributed by atoms with Crippen LogP contribution in [0.5, 0.6) is 5.75 Å². The van der Waals surface area contributed by atoms with Crippen molar-refractivity contribution in [2.75, 3.05) is 14.2 Å². The van der Waals surface area contributed by atoms with Gasteiger partial charge >= 0.3 is 0 Å². The van der Waals surface area contributed by atoms with E-state index < -0.39 is 0 Å². The van der Waals surface area contributed by atoms with Gasteiger partial charge < -0.3 is 10.1 Å². The van der Waals surface area contributed by atoms with Crippen LogP contribution in [0.15, 0.2) is 15.9 Å². The first-order valence-electron chi connectivity index (χ1n) is 6.62. The smallest absolute Gasteiger partial charge is 0.134 e. The second-order valence-corrected chi connectivity index (χ2v) is 6.30. The molecule has 110 valence electrons. The number of nitrogens with one attached hydrogen (secondary N) is 1. The van der Waals surface area contributed by atoms with Gasteiger partial charge in [0.25, 0.3) is 0 Å². The SMILES string of the molecule is CCn1nc(C)c(Br)c1CC(NC)c1sccc1OC. The highest BCUT2D eigenvalue weighted by molar-refractivity contribution is 9.10. The molecule has 0 fully saturated rings. The quantitative estimate of drug-likeness (QED) is 0.859. The summed E-state index contributed by atoms with van der Waals surface area (Å²) in [4.78, 5) is 1.23. The summed E-state index contributed by atoms with van der Waals surface area (Å²) in [6.45, 7) is 5.02. The maximum Gasteiger partial charge on any atom is 0.134 e. The molecule has 0 radical (unpaired) electrons. The summed E-state index contributed by atoms with van der Waals surface area (Å²) in [6.07, 6.45) is 0.878. The molecule has 0 bridgehead atoms. The Kier molecular flexibility index (Phi) is 5.23. The maximum atomic E-state index is 5.43. The summed E-state index contributed by atoms with van der Waals surface area (Å²) in [5.74, 6) is 0.949. The molecule has 2 aromatic heterocycles. The van der Waals surface area contributed by atoms with Crippen LogP contribution in [-0.2, 0) is 13.0 Å². The number of methoxy groups -OCH3 is 1. The molecule has 20 heavy (non-hydrogen) atoms. The summed E-state index contributed by atoms with van der Waals surface area (Å²) >= 11 is 5.38. The Bertz CT molecular complexity index is 579. The van der Waals surface area contributed by atoms with Crippen LogP contribution in [0.4, 0.5) is 0 Å². The molecule has 0 saturated carbocycles. The number of likely N-dealkylation sites (N-methyl/N-ethyl adjacent to an activating group) is 1. The molecule has 2 heterocycles. The minimum absolute atomic E-state index is 0.225. The highest BCUT2D eigenvalue weighted by Crippen LogP contribution is 2.34. The summed E-state index contributed by atoms with van der Waals surface area (Å²) in [7, 11) is 3.70. The van der Waals surface area contributed by atoms with E-state index in [1.807, 2.05) is 20.0 Å². The van der Waals surface area contributed by atoms with Gasteiger partial charge in [0, 0.05) is 13.0 Å². The predicted molar refractivity (Wildman–Crippen MR) is 86.7 cm³/mol. The predicted octanol–water partition coefficient (Wildman–Crippen LogP) is 3.55. The van der Waals surface area contributed by atoms with Crippen molar-refractivity contribution in [3.8, 4) is 5.75 Å². The van der Waals surface area contributed by atoms with E-state index in [0.29, 0.717) is 0 Å². The largest absolute Gasteiger partial charge is 0.496 e. The first-order valence-corrected chi connectivity index (χ1v) is 8.30. The maximum absolute atomic E-state index is 5.43. The molecule has 4 nitrogen and oxygen atoms in total. The highest BCUT2D eigenvalue weighted by Gasteiger charge is 2.21.